The number of hydrogen-bond acceptors (Lipinski definition) is 4. The smallest absolute Gasteiger partial charge is 0.335 e. The van der Waals surface area contributed by atoms with E-state index in [1.807, 2.05) is 0 Å². The molecule has 0 unspecified atom stereocenters. The fourth-order valence-electron chi connectivity index (χ4n) is 1.19. The Morgan fingerprint density at radius 2 is 1.81 bits per heavy atom. The van der Waals surface area contributed by atoms with Gasteiger partial charge in [-0.05, 0) is 18.6 Å². The van der Waals surface area contributed by atoms with E-state index >= 15 is 0 Å². The topological polar surface area (TPSA) is 98.0 Å². The molecule has 0 bridgehead atoms. The summed E-state index contributed by atoms with van der Waals surface area (Å²) >= 11 is 0. The third-order valence-electron chi connectivity index (χ3n) is 1.96. The van der Waals surface area contributed by atoms with Gasteiger partial charge in [0.15, 0.2) is 0 Å². The standard InChI is InChI=1S/C11H12O5/c12-4-2-1-3-8-9(13)5-7(11(15)16)6-10(8)14/h1,3,5-6,12-14H,2,4H2,(H,15,16). The minimum atomic E-state index is -1.23. The van der Waals surface area contributed by atoms with Gasteiger partial charge < -0.3 is 20.4 Å². The molecule has 0 aliphatic carbocycles. The van der Waals surface area contributed by atoms with Crippen LogP contribution < -0.4 is 0 Å². The molecule has 0 aliphatic rings. The van der Waals surface area contributed by atoms with E-state index in [-0.39, 0.29) is 29.2 Å². The number of hydrogen-bond donors (Lipinski definition) is 4. The van der Waals surface area contributed by atoms with Crippen LogP contribution in [0.25, 0.3) is 6.08 Å². The first-order valence-corrected chi connectivity index (χ1v) is 4.63. The summed E-state index contributed by atoms with van der Waals surface area (Å²) in [5.41, 5.74) is -0.0484. The van der Waals surface area contributed by atoms with Crippen LogP contribution in [-0.4, -0.2) is 33.0 Å². The highest BCUT2D eigenvalue weighted by atomic mass is 16.4. The van der Waals surface area contributed by atoms with Gasteiger partial charge in [-0.3, -0.25) is 0 Å². The molecule has 16 heavy (non-hydrogen) atoms. The summed E-state index contributed by atoms with van der Waals surface area (Å²) in [4.78, 5) is 10.6. The molecule has 1 aromatic rings. The van der Waals surface area contributed by atoms with Crippen LogP contribution in [0.2, 0.25) is 0 Å². The second-order valence-electron chi connectivity index (χ2n) is 3.15. The van der Waals surface area contributed by atoms with E-state index in [1.54, 1.807) is 6.08 Å². The van der Waals surface area contributed by atoms with Crippen LogP contribution in [0.1, 0.15) is 22.3 Å². The minimum Gasteiger partial charge on any atom is -0.507 e. The molecule has 0 aromatic heterocycles. The molecule has 5 nitrogen and oxygen atoms in total. The van der Waals surface area contributed by atoms with Gasteiger partial charge in [-0.25, -0.2) is 4.79 Å². The number of aromatic carboxylic acids is 1. The molecule has 1 aromatic carbocycles. The van der Waals surface area contributed by atoms with Crippen LogP contribution in [0.3, 0.4) is 0 Å². The van der Waals surface area contributed by atoms with Crippen LogP contribution in [0.4, 0.5) is 0 Å². The summed E-state index contributed by atoms with van der Waals surface area (Å²) in [7, 11) is 0. The molecule has 4 N–H and O–H groups in total. The van der Waals surface area contributed by atoms with Crippen molar-refractivity contribution < 1.29 is 25.2 Å². The molecular formula is C11H12O5. The summed E-state index contributed by atoms with van der Waals surface area (Å²) in [6.45, 7) is -0.0365. The number of phenols is 2. The van der Waals surface area contributed by atoms with Crippen LogP contribution in [0, 0.1) is 0 Å². The molecule has 0 fully saturated rings. The molecule has 0 heterocycles. The Kier molecular flexibility index (Phi) is 3.90. The van der Waals surface area contributed by atoms with Crippen molar-refractivity contribution in [2.45, 2.75) is 6.42 Å². The summed E-state index contributed by atoms with van der Waals surface area (Å²) in [6.07, 6.45) is 3.38. The van der Waals surface area contributed by atoms with Crippen molar-refractivity contribution in [3.8, 4) is 11.5 Å². The number of carboxylic acids is 1. The van der Waals surface area contributed by atoms with Crippen molar-refractivity contribution in [1.29, 1.82) is 0 Å². The molecular weight excluding hydrogens is 212 g/mol. The Labute approximate surface area is 91.9 Å². The van der Waals surface area contributed by atoms with Crippen molar-refractivity contribution in [3.05, 3.63) is 29.3 Å². The lowest BCUT2D eigenvalue weighted by molar-refractivity contribution is 0.0696. The maximum atomic E-state index is 10.6. The first-order chi connectivity index (χ1) is 7.56. The summed E-state index contributed by atoms with van der Waals surface area (Å²) < 4.78 is 0. The number of benzene rings is 1. The molecule has 0 atom stereocenters. The fraction of sp³-hybridized carbons (Fsp3) is 0.182. The molecule has 0 saturated heterocycles. The summed E-state index contributed by atoms with van der Waals surface area (Å²) in [6, 6.07) is 2.11. The quantitative estimate of drug-likeness (QED) is 0.615. The van der Waals surface area contributed by atoms with Gasteiger partial charge in [0.25, 0.3) is 0 Å². The Morgan fingerprint density at radius 3 is 2.25 bits per heavy atom. The number of aliphatic hydroxyl groups is 1. The molecule has 0 saturated carbocycles. The Bertz CT molecular complexity index is 399. The molecule has 0 radical (unpaired) electrons. The lowest BCUT2D eigenvalue weighted by Crippen LogP contribution is -1.96. The van der Waals surface area contributed by atoms with E-state index in [0.717, 1.165) is 12.1 Å². The average molecular weight is 224 g/mol. The van der Waals surface area contributed by atoms with Gasteiger partial charge in [-0.2, -0.15) is 0 Å². The highest BCUT2D eigenvalue weighted by Gasteiger charge is 2.11. The lowest BCUT2D eigenvalue weighted by Gasteiger charge is -2.04. The van der Waals surface area contributed by atoms with Gasteiger partial charge in [0, 0.05) is 6.61 Å². The first-order valence-electron chi connectivity index (χ1n) is 4.63. The van der Waals surface area contributed by atoms with E-state index in [9.17, 15) is 15.0 Å². The lowest BCUT2D eigenvalue weighted by atomic mass is 10.1. The predicted molar refractivity (Wildman–Crippen MR) is 57.5 cm³/mol. The monoisotopic (exact) mass is 224 g/mol. The van der Waals surface area contributed by atoms with Gasteiger partial charge in [0.1, 0.15) is 11.5 Å². The number of aliphatic hydroxyl groups excluding tert-OH is 1. The number of aromatic hydroxyl groups is 2. The second kappa shape index (κ2) is 5.18. The molecule has 0 spiro atoms. The normalized spacial score (nSPS) is 10.8. The molecule has 86 valence electrons. The largest absolute Gasteiger partial charge is 0.507 e. The maximum Gasteiger partial charge on any atom is 0.335 e. The molecule has 5 heteroatoms. The number of phenolic OH excluding ortho intramolecular Hbond substituents is 2. The van der Waals surface area contributed by atoms with Gasteiger partial charge in [-0.15, -0.1) is 0 Å². The van der Waals surface area contributed by atoms with E-state index in [1.165, 1.54) is 6.08 Å². The summed E-state index contributed by atoms with van der Waals surface area (Å²) in [5.74, 6) is -1.85. The molecule has 0 amide bonds. The van der Waals surface area contributed by atoms with Crippen molar-refractivity contribution in [2.24, 2.45) is 0 Å². The van der Waals surface area contributed by atoms with Crippen LogP contribution in [-0.2, 0) is 0 Å². The van der Waals surface area contributed by atoms with Crippen LogP contribution in [0.15, 0.2) is 18.2 Å². The van der Waals surface area contributed by atoms with E-state index in [4.69, 9.17) is 10.2 Å². The zero-order valence-corrected chi connectivity index (χ0v) is 8.42. The highest BCUT2D eigenvalue weighted by Crippen LogP contribution is 2.30. The van der Waals surface area contributed by atoms with Crippen molar-refractivity contribution in [1.82, 2.24) is 0 Å². The van der Waals surface area contributed by atoms with E-state index in [0.29, 0.717) is 6.42 Å². The van der Waals surface area contributed by atoms with Crippen LogP contribution >= 0.6 is 0 Å². The third kappa shape index (κ3) is 2.74. The Morgan fingerprint density at radius 1 is 1.25 bits per heavy atom. The molecule has 0 aliphatic heterocycles. The zero-order valence-electron chi connectivity index (χ0n) is 8.42. The van der Waals surface area contributed by atoms with Gasteiger partial charge >= 0.3 is 5.97 Å². The van der Waals surface area contributed by atoms with Crippen molar-refractivity contribution in [2.75, 3.05) is 6.61 Å². The van der Waals surface area contributed by atoms with Gasteiger partial charge in [0.2, 0.25) is 0 Å². The first kappa shape index (κ1) is 12.1. The number of carboxylic acid groups (broad SMARTS) is 1. The van der Waals surface area contributed by atoms with E-state index < -0.39 is 5.97 Å². The fourth-order valence-corrected chi connectivity index (χ4v) is 1.19. The zero-order chi connectivity index (χ0) is 12.1. The predicted octanol–water partition coefficient (Wildman–Crippen LogP) is 1.19. The minimum absolute atomic E-state index is 0.0365. The van der Waals surface area contributed by atoms with Gasteiger partial charge in [-0.1, -0.05) is 12.2 Å². The number of rotatable bonds is 4. The third-order valence-corrected chi connectivity index (χ3v) is 1.96. The number of carbonyl (C=O) groups is 1. The Hall–Kier alpha value is -2.01. The van der Waals surface area contributed by atoms with Crippen molar-refractivity contribution in [3.63, 3.8) is 0 Å². The van der Waals surface area contributed by atoms with Crippen LogP contribution in [0.5, 0.6) is 11.5 Å². The van der Waals surface area contributed by atoms with Crippen molar-refractivity contribution >= 4 is 12.0 Å². The maximum absolute atomic E-state index is 10.6. The van der Waals surface area contributed by atoms with E-state index in [2.05, 4.69) is 0 Å². The average Bonchev–Trinajstić information content (AvgIpc) is 2.21. The Balaban J connectivity index is 3.07. The second-order valence-corrected chi connectivity index (χ2v) is 3.15. The van der Waals surface area contributed by atoms with Gasteiger partial charge in [0.05, 0.1) is 11.1 Å². The SMILES string of the molecule is O=C(O)c1cc(O)c(C=CCCO)c(O)c1. The molecule has 1 rings (SSSR count). The summed E-state index contributed by atoms with van der Waals surface area (Å²) in [5, 5.41) is 36.2. The highest BCUT2D eigenvalue weighted by molar-refractivity contribution is 5.89.